The number of alkyl halides is 1. The number of hydrogen-bond acceptors (Lipinski definition) is 2. The van der Waals surface area contributed by atoms with Crippen LogP contribution in [0.3, 0.4) is 0 Å². The van der Waals surface area contributed by atoms with Gasteiger partial charge >= 0.3 is 0 Å². The molecule has 0 radical (unpaired) electrons. The van der Waals surface area contributed by atoms with Crippen molar-refractivity contribution in [3.8, 4) is 0 Å². The van der Waals surface area contributed by atoms with Crippen molar-refractivity contribution in [1.82, 2.24) is 4.98 Å². The molecule has 2 nitrogen and oxygen atoms in total. The molecule has 1 aromatic carbocycles. The Morgan fingerprint density at radius 3 is 2.50 bits per heavy atom. The molecule has 1 atom stereocenters. The zero-order valence-electron chi connectivity index (χ0n) is 9.40. The molecule has 0 aliphatic rings. The van der Waals surface area contributed by atoms with E-state index in [4.69, 9.17) is 16.0 Å². The van der Waals surface area contributed by atoms with E-state index in [-0.39, 0.29) is 5.38 Å². The molecule has 0 fully saturated rings. The summed E-state index contributed by atoms with van der Waals surface area (Å²) in [5.74, 6) is 1.45. The Morgan fingerprint density at radius 2 is 1.94 bits per heavy atom. The summed E-state index contributed by atoms with van der Waals surface area (Å²) in [5, 5.41) is -0.199. The van der Waals surface area contributed by atoms with Gasteiger partial charge < -0.3 is 4.42 Å². The van der Waals surface area contributed by atoms with Crippen LogP contribution >= 0.6 is 11.6 Å². The zero-order valence-corrected chi connectivity index (χ0v) is 10.2. The molecule has 1 heterocycles. The number of oxazole rings is 1. The molecule has 0 bridgehead atoms. The number of nitrogens with zero attached hydrogens (tertiary/aromatic N) is 1. The minimum absolute atomic E-state index is 0.199. The molecule has 0 spiro atoms. The molecule has 84 valence electrons. The van der Waals surface area contributed by atoms with E-state index in [0.717, 1.165) is 17.9 Å². The van der Waals surface area contributed by atoms with Gasteiger partial charge in [-0.15, -0.1) is 11.6 Å². The van der Waals surface area contributed by atoms with Crippen molar-refractivity contribution in [2.75, 3.05) is 0 Å². The average Bonchev–Trinajstić information content (AvgIpc) is 2.61. The van der Waals surface area contributed by atoms with E-state index in [1.54, 1.807) is 0 Å². The minimum atomic E-state index is -0.199. The molecule has 1 aromatic heterocycles. The van der Waals surface area contributed by atoms with Crippen molar-refractivity contribution in [3.05, 3.63) is 53.2 Å². The lowest BCUT2D eigenvalue weighted by Crippen LogP contribution is -1.96. The van der Waals surface area contributed by atoms with Gasteiger partial charge in [0.25, 0.3) is 0 Å². The molecule has 16 heavy (non-hydrogen) atoms. The summed E-state index contributed by atoms with van der Waals surface area (Å²) in [4.78, 5) is 4.31. The molecule has 3 heteroatoms. The zero-order chi connectivity index (χ0) is 11.5. The molecular weight excluding hydrogens is 222 g/mol. The molecule has 0 aliphatic heterocycles. The minimum Gasteiger partial charge on any atom is -0.444 e. The molecule has 0 amide bonds. The van der Waals surface area contributed by atoms with E-state index in [9.17, 15) is 0 Å². The summed E-state index contributed by atoms with van der Waals surface area (Å²) < 4.78 is 5.51. The SMILES string of the molecule is Cc1nc([C@H](Cl)Cc2ccccc2)oc1C. The van der Waals surface area contributed by atoms with Crippen LogP contribution in [-0.2, 0) is 6.42 Å². The van der Waals surface area contributed by atoms with Crippen LogP contribution < -0.4 is 0 Å². The maximum Gasteiger partial charge on any atom is 0.213 e. The third-order valence-corrected chi connectivity index (χ3v) is 2.91. The number of benzene rings is 1. The van der Waals surface area contributed by atoms with E-state index in [1.807, 2.05) is 32.0 Å². The van der Waals surface area contributed by atoms with Crippen LogP contribution in [0, 0.1) is 13.8 Å². The smallest absolute Gasteiger partial charge is 0.213 e. The number of aromatic nitrogens is 1. The fourth-order valence-electron chi connectivity index (χ4n) is 1.54. The Morgan fingerprint density at radius 1 is 1.25 bits per heavy atom. The van der Waals surface area contributed by atoms with Crippen LogP contribution in [0.25, 0.3) is 0 Å². The number of hydrogen-bond donors (Lipinski definition) is 0. The van der Waals surface area contributed by atoms with Gasteiger partial charge in [0.05, 0.1) is 5.69 Å². The Balaban J connectivity index is 2.11. The normalized spacial score (nSPS) is 12.7. The maximum absolute atomic E-state index is 6.27. The molecule has 0 aliphatic carbocycles. The first-order valence-corrected chi connectivity index (χ1v) is 5.72. The fraction of sp³-hybridized carbons (Fsp3) is 0.308. The van der Waals surface area contributed by atoms with Gasteiger partial charge in [-0.1, -0.05) is 30.3 Å². The Kier molecular flexibility index (Phi) is 3.30. The Bertz CT molecular complexity index is 445. The van der Waals surface area contributed by atoms with Crippen molar-refractivity contribution >= 4 is 11.6 Å². The van der Waals surface area contributed by atoms with Crippen LogP contribution in [-0.4, -0.2) is 4.98 Å². The van der Waals surface area contributed by atoms with Crippen molar-refractivity contribution in [2.45, 2.75) is 25.6 Å². The molecule has 0 saturated heterocycles. The Labute approximate surface area is 100 Å². The van der Waals surface area contributed by atoms with E-state index in [1.165, 1.54) is 5.56 Å². The molecular formula is C13H14ClNO. The van der Waals surface area contributed by atoms with Gasteiger partial charge in [0.2, 0.25) is 5.89 Å². The van der Waals surface area contributed by atoms with E-state index in [2.05, 4.69) is 17.1 Å². The molecule has 0 unspecified atom stereocenters. The topological polar surface area (TPSA) is 26.0 Å². The van der Waals surface area contributed by atoms with Crippen molar-refractivity contribution in [3.63, 3.8) is 0 Å². The second-order valence-corrected chi connectivity index (χ2v) is 4.38. The first-order chi connectivity index (χ1) is 7.66. The number of halogens is 1. The lowest BCUT2D eigenvalue weighted by atomic mass is 10.1. The van der Waals surface area contributed by atoms with Crippen LogP contribution in [0.1, 0.15) is 28.3 Å². The van der Waals surface area contributed by atoms with Gasteiger partial charge in [-0.2, -0.15) is 0 Å². The summed E-state index contributed by atoms with van der Waals surface area (Å²) in [6, 6.07) is 10.1. The standard InChI is InChI=1S/C13H14ClNO/c1-9-10(2)16-13(15-9)12(14)8-11-6-4-3-5-7-11/h3-7,12H,8H2,1-2H3/t12-/m1/s1. The van der Waals surface area contributed by atoms with Gasteiger partial charge in [0.1, 0.15) is 11.1 Å². The third kappa shape index (κ3) is 2.45. The molecule has 2 rings (SSSR count). The van der Waals surface area contributed by atoms with Crippen LogP contribution in [0.15, 0.2) is 34.7 Å². The van der Waals surface area contributed by atoms with E-state index < -0.39 is 0 Å². The van der Waals surface area contributed by atoms with Crippen LogP contribution in [0.4, 0.5) is 0 Å². The van der Waals surface area contributed by atoms with Gasteiger partial charge in [-0.25, -0.2) is 4.98 Å². The van der Waals surface area contributed by atoms with Gasteiger partial charge in [-0.3, -0.25) is 0 Å². The quantitative estimate of drug-likeness (QED) is 0.756. The first kappa shape index (κ1) is 11.2. The second-order valence-electron chi connectivity index (χ2n) is 3.85. The molecule has 2 aromatic rings. The number of aryl methyl sites for hydroxylation is 2. The largest absolute Gasteiger partial charge is 0.444 e. The van der Waals surface area contributed by atoms with Gasteiger partial charge in [0.15, 0.2) is 0 Å². The van der Waals surface area contributed by atoms with E-state index >= 15 is 0 Å². The highest BCUT2D eigenvalue weighted by Gasteiger charge is 2.16. The monoisotopic (exact) mass is 235 g/mol. The highest BCUT2D eigenvalue weighted by atomic mass is 35.5. The molecule has 0 saturated carbocycles. The lowest BCUT2D eigenvalue weighted by molar-refractivity contribution is 0.464. The van der Waals surface area contributed by atoms with E-state index in [0.29, 0.717) is 5.89 Å². The average molecular weight is 236 g/mol. The van der Waals surface area contributed by atoms with Gasteiger partial charge in [-0.05, 0) is 25.8 Å². The van der Waals surface area contributed by atoms with Crippen LogP contribution in [0.2, 0.25) is 0 Å². The van der Waals surface area contributed by atoms with Crippen LogP contribution in [0.5, 0.6) is 0 Å². The van der Waals surface area contributed by atoms with Crippen molar-refractivity contribution in [2.24, 2.45) is 0 Å². The summed E-state index contributed by atoms with van der Waals surface area (Å²) in [6.45, 7) is 3.83. The predicted molar refractivity (Wildman–Crippen MR) is 64.7 cm³/mol. The second kappa shape index (κ2) is 4.71. The lowest BCUT2D eigenvalue weighted by Gasteiger charge is -2.04. The summed E-state index contributed by atoms with van der Waals surface area (Å²) in [6.07, 6.45) is 0.738. The first-order valence-electron chi connectivity index (χ1n) is 5.28. The molecule has 0 N–H and O–H groups in total. The summed E-state index contributed by atoms with van der Waals surface area (Å²) >= 11 is 6.27. The maximum atomic E-state index is 6.27. The number of rotatable bonds is 3. The highest BCUT2D eigenvalue weighted by molar-refractivity contribution is 6.20. The van der Waals surface area contributed by atoms with Gasteiger partial charge in [0, 0.05) is 0 Å². The third-order valence-electron chi connectivity index (χ3n) is 2.57. The summed E-state index contributed by atoms with van der Waals surface area (Å²) in [5.41, 5.74) is 2.10. The van der Waals surface area contributed by atoms with Crippen molar-refractivity contribution < 1.29 is 4.42 Å². The fourth-order valence-corrected chi connectivity index (χ4v) is 1.81. The predicted octanol–water partition coefficient (Wildman–Crippen LogP) is 3.81. The Hall–Kier alpha value is -1.28. The highest BCUT2D eigenvalue weighted by Crippen LogP contribution is 2.25. The summed E-state index contributed by atoms with van der Waals surface area (Å²) in [7, 11) is 0. The van der Waals surface area contributed by atoms with Crippen molar-refractivity contribution in [1.29, 1.82) is 0 Å².